The second-order valence-corrected chi connectivity index (χ2v) is 8.42. The van der Waals surface area contributed by atoms with Crippen molar-refractivity contribution >= 4 is 10.0 Å². The molecule has 2 heterocycles. The van der Waals surface area contributed by atoms with E-state index in [1.54, 1.807) is 13.8 Å². The molecule has 0 atom stereocenters. The lowest BCUT2D eigenvalue weighted by atomic mass is 9.84. The van der Waals surface area contributed by atoms with Gasteiger partial charge < -0.3 is 14.0 Å². The van der Waals surface area contributed by atoms with Crippen molar-refractivity contribution in [3.8, 4) is 11.5 Å². The van der Waals surface area contributed by atoms with Gasteiger partial charge in [0.05, 0.1) is 0 Å². The van der Waals surface area contributed by atoms with Crippen LogP contribution in [0, 0.1) is 13.8 Å². The number of hydrogen-bond acceptors (Lipinski definition) is 6. The standard InChI is InChI=1S/C17H22N2O5S/c1-11-16(12(2)24-19-11)25(20,21)18-10-17(3,4)13-5-6-14-15(9-13)23-8-7-22-14/h5-6,9,18H,7-8,10H2,1-4H3. The van der Waals surface area contributed by atoms with Gasteiger partial charge in [-0.2, -0.15) is 0 Å². The van der Waals surface area contributed by atoms with Crippen LogP contribution < -0.4 is 14.2 Å². The summed E-state index contributed by atoms with van der Waals surface area (Å²) in [6, 6.07) is 5.69. The maximum Gasteiger partial charge on any atom is 0.245 e. The highest BCUT2D eigenvalue weighted by Crippen LogP contribution is 2.35. The topological polar surface area (TPSA) is 90.7 Å². The van der Waals surface area contributed by atoms with Gasteiger partial charge in [0.25, 0.3) is 0 Å². The second-order valence-electron chi connectivity index (χ2n) is 6.72. The van der Waals surface area contributed by atoms with E-state index in [-0.39, 0.29) is 17.2 Å². The molecular formula is C17H22N2O5S. The van der Waals surface area contributed by atoms with Crippen LogP contribution >= 0.6 is 0 Å². The van der Waals surface area contributed by atoms with Crippen LogP contribution in [0.1, 0.15) is 30.9 Å². The van der Waals surface area contributed by atoms with Crippen LogP contribution in [0.25, 0.3) is 0 Å². The molecule has 0 spiro atoms. The van der Waals surface area contributed by atoms with Crippen LogP contribution in [0.5, 0.6) is 11.5 Å². The van der Waals surface area contributed by atoms with Crippen molar-refractivity contribution in [2.45, 2.75) is 38.0 Å². The van der Waals surface area contributed by atoms with Crippen molar-refractivity contribution in [1.82, 2.24) is 9.88 Å². The zero-order valence-electron chi connectivity index (χ0n) is 14.8. The van der Waals surface area contributed by atoms with E-state index in [2.05, 4.69) is 9.88 Å². The molecule has 0 bridgehead atoms. The molecule has 7 nitrogen and oxygen atoms in total. The van der Waals surface area contributed by atoms with E-state index in [9.17, 15) is 8.42 Å². The highest BCUT2D eigenvalue weighted by molar-refractivity contribution is 7.89. The van der Waals surface area contributed by atoms with E-state index in [1.165, 1.54) is 0 Å². The minimum Gasteiger partial charge on any atom is -0.486 e. The molecule has 1 aliphatic heterocycles. The van der Waals surface area contributed by atoms with E-state index >= 15 is 0 Å². The number of nitrogens with one attached hydrogen (secondary N) is 1. The average molecular weight is 366 g/mol. The molecule has 0 radical (unpaired) electrons. The van der Waals surface area contributed by atoms with Crippen LogP contribution in [0.2, 0.25) is 0 Å². The van der Waals surface area contributed by atoms with Gasteiger partial charge in [-0.1, -0.05) is 25.1 Å². The summed E-state index contributed by atoms with van der Waals surface area (Å²) in [6.45, 7) is 8.39. The lowest BCUT2D eigenvalue weighted by Crippen LogP contribution is -2.37. The molecule has 0 amide bonds. The molecule has 25 heavy (non-hydrogen) atoms. The minimum absolute atomic E-state index is 0.102. The number of benzene rings is 1. The summed E-state index contributed by atoms with van der Waals surface area (Å²) in [5.74, 6) is 1.68. The normalized spacial score (nSPS) is 14.6. The molecule has 8 heteroatoms. The molecular weight excluding hydrogens is 344 g/mol. The third-order valence-corrected chi connectivity index (χ3v) is 5.91. The third-order valence-electron chi connectivity index (χ3n) is 4.26. The molecule has 1 aliphatic rings. The Morgan fingerprint density at radius 3 is 2.48 bits per heavy atom. The Bertz CT molecular complexity index is 867. The summed E-state index contributed by atoms with van der Waals surface area (Å²) >= 11 is 0. The molecule has 1 N–H and O–H groups in total. The lowest BCUT2D eigenvalue weighted by molar-refractivity contribution is 0.171. The van der Waals surface area contributed by atoms with Gasteiger partial charge in [0.2, 0.25) is 10.0 Å². The first-order valence-electron chi connectivity index (χ1n) is 8.03. The first kappa shape index (κ1) is 17.8. The van der Waals surface area contributed by atoms with Gasteiger partial charge in [-0.05, 0) is 31.5 Å². The molecule has 0 aliphatic carbocycles. The highest BCUT2D eigenvalue weighted by atomic mass is 32.2. The number of aryl methyl sites for hydroxylation is 2. The van der Waals surface area contributed by atoms with Crippen LogP contribution in [0.4, 0.5) is 0 Å². The molecule has 0 fully saturated rings. The van der Waals surface area contributed by atoms with Crippen LogP contribution in [-0.4, -0.2) is 33.3 Å². The Labute approximate surface area is 147 Å². The van der Waals surface area contributed by atoms with Crippen molar-refractivity contribution in [2.75, 3.05) is 19.8 Å². The maximum absolute atomic E-state index is 12.6. The van der Waals surface area contributed by atoms with Gasteiger partial charge >= 0.3 is 0 Å². The first-order chi connectivity index (χ1) is 11.7. The van der Waals surface area contributed by atoms with Crippen LogP contribution in [0.3, 0.4) is 0 Å². The van der Waals surface area contributed by atoms with E-state index in [4.69, 9.17) is 14.0 Å². The number of hydrogen-bond donors (Lipinski definition) is 1. The van der Waals surface area contributed by atoms with Gasteiger partial charge in [-0.15, -0.1) is 0 Å². The number of aromatic nitrogens is 1. The Hall–Kier alpha value is -2.06. The molecule has 0 saturated heterocycles. The second kappa shape index (κ2) is 6.34. The van der Waals surface area contributed by atoms with E-state index < -0.39 is 15.4 Å². The number of fused-ring (bicyclic) bond motifs is 1. The molecule has 0 saturated carbocycles. The van der Waals surface area contributed by atoms with Gasteiger partial charge in [-0.3, -0.25) is 0 Å². The monoisotopic (exact) mass is 366 g/mol. The van der Waals surface area contributed by atoms with Gasteiger partial charge in [-0.25, -0.2) is 13.1 Å². The summed E-state index contributed by atoms with van der Waals surface area (Å²) in [4.78, 5) is 0.102. The Morgan fingerprint density at radius 2 is 1.84 bits per heavy atom. The number of ether oxygens (including phenoxy) is 2. The number of rotatable bonds is 5. The van der Waals surface area contributed by atoms with Crippen molar-refractivity contribution < 1.29 is 22.4 Å². The average Bonchev–Trinajstić information content (AvgIpc) is 2.92. The zero-order chi connectivity index (χ0) is 18.2. The van der Waals surface area contributed by atoms with E-state index in [1.807, 2.05) is 32.0 Å². The molecule has 1 aromatic heterocycles. The van der Waals surface area contributed by atoms with Gasteiger partial charge in [0.15, 0.2) is 17.3 Å². The Morgan fingerprint density at radius 1 is 1.16 bits per heavy atom. The SMILES string of the molecule is Cc1noc(C)c1S(=O)(=O)NCC(C)(C)c1ccc2c(c1)OCCO2. The molecule has 2 aromatic rings. The largest absolute Gasteiger partial charge is 0.486 e. The molecule has 0 unspecified atom stereocenters. The fourth-order valence-electron chi connectivity index (χ4n) is 2.77. The predicted octanol–water partition coefficient (Wildman–Crippen LogP) is 2.32. The fourth-order valence-corrected chi connectivity index (χ4v) is 4.31. The fraction of sp³-hybridized carbons (Fsp3) is 0.471. The van der Waals surface area contributed by atoms with E-state index in [0.717, 1.165) is 5.56 Å². The summed E-state index contributed by atoms with van der Waals surface area (Å²) in [6.07, 6.45) is 0. The molecule has 1 aromatic carbocycles. The summed E-state index contributed by atoms with van der Waals surface area (Å²) in [7, 11) is -3.70. The van der Waals surface area contributed by atoms with E-state index in [0.29, 0.717) is 30.4 Å². The molecule has 3 rings (SSSR count). The Balaban J connectivity index is 1.80. The highest BCUT2D eigenvalue weighted by Gasteiger charge is 2.29. The zero-order valence-corrected chi connectivity index (χ0v) is 15.6. The summed E-state index contributed by atoms with van der Waals surface area (Å²) in [5.41, 5.74) is 0.863. The lowest BCUT2D eigenvalue weighted by Gasteiger charge is -2.27. The maximum atomic E-state index is 12.6. The van der Waals surface area contributed by atoms with Gasteiger partial charge in [0.1, 0.15) is 23.8 Å². The van der Waals surface area contributed by atoms with Crippen molar-refractivity contribution in [3.05, 3.63) is 35.2 Å². The first-order valence-corrected chi connectivity index (χ1v) is 9.52. The van der Waals surface area contributed by atoms with Crippen LogP contribution in [-0.2, 0) is 15.4 Å². The van der Waals surface area contributed by atoms with Gasteiger partial charge in [0, 0.05) is 12.0 Å². The van der Waals surface area contributed by atoms with Crippen LogP contribution in [0.15, 0.2) is 27.6 Å². The molecule has 136 valence electrons. The van der Waals surface area contributed by atoms with Crippen molar-refractivity contribution in [1.29, 1.82) is 0 Å². The van der Waals surface area contributed by atoms with Crippen molar-refractivity contribution in [2.24, 2.45) is 0 Å². The summed E-state index contributed by atoms with van der Waals surface area (Å²) < 4.78 is 43.9. The third kappa shape index (κ3) is 3.50. The number of sulfonamides is 1. The van der Waals surface area contributed by atoms with Crippen molar-refractivity contribution in [3.63, 3.8) is 0 Å². The number of nitrogens with zero attached hydrogens (tertiary/aromatic N) is 1. The predicted molar refractivity (Wildman–Crippen MR) is 91.6 cm³/mol. The summed E-state index contributed by atoms with van der Waals surface area (Å²) in [5, 5.41) is 3.71. The minimum atomic E-state index is -3.70. The Kier molecular flexibility index (Phi) is 4.51. The quantitative estimate of drug-likeness (QED) is 0.873. The smallest absolute Gasteiger partial charge is 0.245 e.